The standard InChI is InChI=1S/C13H13NO2/c1-9-5-7-11-10(6-8-13(15)16)3-2-4-12(11)14-9/h2-4,6,8,14H,1,5,7H2,(H,15,16). The van der Waals surface area contributed by atoms with Crippen LogP contribution in [0.2, 0.25) is 0 Å². The number of allylic oxidation sites excluding steroid dienone is 1. The van der Waals surface area contributed by atoms with Crippen molar-refractivity contribution in [1.29, 1.82) is 0 Å². The zero-order valence-corrected chi connectivity index (χ0v) is 8.86. The summed E-state index contributed by atoms with van der Waals surface area (Å²) in [7, 11) is 0. The van der Waals surface area contributed by atoms with Crippen molar-refractivity contribution >= 4 is 17.7 Å². The number of anilines is 1. The van der Waals surface area contributed by atoms with Crippen LogP contribution in [0.15, 0.2) is 36.6 Å². The molecule has 3 nitrogen and oxygen atoms in total. The molecule has 0 spiro atoms. The first-order valence-corrected chi connectivity index (χ1v) is 5.14. The average molecular weight is 215 g/mol. The van der Waals surface area contributed by atoms with Crippen molar-refractivity contribution in [1.82, 2.24) is 0 Å². The van der Waals surface area contributed by atoms with E-state index >= 15 is 0 Å². The maximum Gasteiger partial charge on any atom is 0.328 e. The van der Waals surface area contributed by atoms with Crippen LogP contribution < -0.4 is 5.32 Å². The van der Waals surface area contributed by atoms with Crippen LogP contribution in [-0.2, 0) is 11.2 Å². The van der Waals surface area contributed by atoms with Gasteiger partial charge in [-0.2, -0.15) is 0 Å². The lowest BCUT2D eigenvalue weighted by molar-refractivity contribution is -0.131. The first kappa shape index (κ1) is 10.5. The van der Waals surface area contributed by atoms with Gasteiger partial charge in [0, 0.05) is 17.5 Å². The van der Waals surface area contributed by atoms with Crippen molar-refractivity contribution in [2.45, 2.75) is 12.8 Å². The van der Waals surface area contributed by atoms with E-state index in [1.54, 1.807) is 6.08 Å². The molecule has 1 aromatic carbocycles. The highest BCUT2D eigenvalue weighted by atomic mass is 16.4. The molecular weight excluding hydrogens is 202 g/mol. The number of carbonyl (C=O) groups is 1. The quantitative estimate of drug-likeness (QED) is 0.745. The van der Waals surface area contributed by atoms with E-state index in [0.717, 1.165) is 35.4 Å². The fourth-order valence-corrected chi connectivity index (χ4v) is 1.85. The highest BCUT2D eigenvalue weighted by Gasteiger charge is 2.12. The molecule has 1 heterocycles. The van der Waals surface area contributed by atoms with Crippen LogP contribution in [0.25, 0.3) is 6.08 Å². The van der Waals surface area contributed by atoms with E-state index in [0.29, 0.717) is 0 Å². The molecular formula is C13H13NO2. The van der Waals surface area contributed by atoms with Crippen molar-refractivity contribution in [3.63, 3.8) is 0 Å². The third kappa shape index (κ3) is 2.14. The fraction of sp³-hybridized carbons (Fsp3) is 0.154. The van der Waals surface area contributed by atoms with Crippen LogP contribution in [0.5, 0.6) is 0 Å². The number of aliphatic carboxylic acids is 1. The first-order valence-electron chi connectivity index (χ1n) is 5.14. The number of fused-ring (bicyclic) bond motifs is 1. The Morgan fingerprint density at radius 3 is 3.00 bits per heavy atom. The zero-order chi connectivity index (χ0) is 11.5. The summed E-state index contributed by atoms with van der Waals surface area (Å²) < 4.78 is 0. The Morgan fingerprint density at radius 1 is 1.44 bits per heavy atom. The lowest BCUT2D eigenvalue weighted by Crippen LogP contribution is -2.10. The van der Waals surface area contributed by atoms with E-state index in [4.69, 9.17) is 5.11 Å². The van der Waals surface area contributed by atoms with Gasteiger partial charge in [0.15, 0.2) is 0 Å². The molecule has 0 unspecified atom stereocenters. The lowest BCUT2D eigenvalue weighted by atomic mass is 9.96. The normalized spacial score (nSPS) is 14.6. The number of hydrogen-bond acceptors (Lipinski definition) is 2. The van der Waals surface area contributed by atoms with Gasteiger partial charge in [-0.25, -0.2) is 4.79 Å². The molecule has 0 fully saturated rings. The monoisotopic (exact) mass is 215 g/mol. The maximum absolute atomic E-state index is 10.5. The molecule has 0 radical (unpaired) electrons. The van der Waals surface area contributed by atoms with Crippen LogP contribution in [0.1, 0.15) is 17.5 Å². The second kappa shape index (κ2) is 4.23. The molecule has 82 valence electrons. The Hall–Kier alpha value is -2.03. The van der Waals surface area contributed by atoms with Gasteiger partial charge < -0.3 is 10.4 Å². The van der Waals surface area contributed by atoms with Crippen LogP contribution in [0.4, 0.5) is 5.69 Å². The molecule has 2 rings (SSSR count). The van der Waals surface area contributed by atoms with E-state index in [1.807, 2.05) is 18.2 Å². The van der Waals surface area contributed by atoms with E-state index in [1.165, 1.54) is 6.08 Å². The van der Waals surface area contributed by atoms with Gasteiger partial charge >= 0.3 is 5.97 Å². The van der Waals surface area contributed by atoms with Crippen molar-refractivity contribution < 1.29 is 9.90 Å². The number of hydrogen-bond donors (Lipinski definition) is 2. The maximum atomic E-state index is 10.5. The van der Waals surface area contributed by atoms with Crippen LogP contribution in [0, 0.1) is 0 Å². The summed E-state index contributed by atoms with van der Waals surface area (Å²) in [6.07, 6.45) is 4.60. The molecule has 0 saturated carbocycles. The summed E-state index contributed by atoms with van der Waals surface area (Å²) in [5.74, 6) is -0.925. The van der Waals surface area contributed by atoms with Gasteiger partial charge in [-0.3, -0.25) is 0 Å². The number of carboxylic acid groups (broad SMARTS) is 1. The third-order valence-electron chi connectivity index (χ3n) is 2.61. The molecule has 1 aliphatic heterocycles. The van der Waals surface area contributed by atoms with Crippen LogP contribution in [0.3, 0.4) is 0 Å². The van der Waals surface area contributed by atoms with Gasteiger partial charge in [-0.1, -0.05) is 18.7 Å². The third-order valence-corrected chi connectivity index (χ3v) is 2.61. The minimum absolute atomic E-state index is 0.894. The smallest absolute Gasteiger partial charge is 0.328 e. The van der Waals surface area contributed by atoms with Gasteiger partial charge in [0.25, 0.3) is 0 Å². The topological polar surface area (TPSA) is 49.3 Å². The highest BCUT2D eigenvalue weighted by molar-refractivity contribution is 5.86. The van der Waals surface area contributed by atoms with Crippen molar-refractivity contribution in [3.8, 4) is 0 Å². The fourth-order valence-electron chi connectivity index (χ4n) is 1.85. The molecule has 0 aliphatic carbocycles. The number of rotatable bonds is 2. The largest absolute Gasteiger partial charge is 0.478 e. The second-order valence-corrected chi connectivity index (χ2v) is 3.77. The molecule has 0 amide bonds. The predicted molar refractivity (Wildman–Crippen MR) is 64.2 cm³/mol. The predicted octanol–water partition coefficient (Wildman–Crippen LogP) is 2.66. The molecule has 2 N–H and O–H groups in total. The molecule has 3 heteroatoms. The summed E-state index contributed by atoms with van der Waals surface area (Å²) in [6.45, 7) is 3.89. The summed E-state index contributed by atoms with van der Waals surface area (Å²) in [5.41, 5.74) is 4.16. The highest BCUT2D eigenvalue weighted by Crippen LogP contribution is 2.29. The van der Waals surface area contributed by atoms with Crippen molar-refractivity contribution in [3.05, 3.63) is 47.7 Å². The van der Waals surface area contributed by atoms with Gasteiger partial charge in [-0.05, 0) is 36.1 Å². The SMILES string of the molecule is C=C1CCc2c(C=CC(=O)O)cccc2N1. The zero-order valence-electron chi connectivity index (χ0n) is 8.86. The Kier molecular flexibility index (Phi) is 2.77. The molecule has 0 bridgehead atoms. The number of benzene rings is 1. The first-order chi connectivity index (χ1) is 7.66. The van der Waals surface area contributed by atoms with Crippen molar-refractivity contribution in [2.75, 3.05) is 5.32 Å². The van der Waals surface area contributed by atoms with Gasteiger partial charge in [0.1, 0.15) is 0 Å². The van der Waals surface area contributed by atoms with E-state index in [9.17, 15) is 4.79 Å². The summed E-state index contributed by atoms with van der Waals surface area (Å²) in [6, 6.07) is 5.82. The van der Waals surface area contributed by atoms with Crippen LogP contribution >= 0.6 is 0 Å². The number of nitrogens with one attached hydrogen (secondary N) is 1. The minimum atomic E-state index is -0.925. The molecule has 0 atom stereocenters. The summed E-state index contributed by atoms with van der Waals surface area (Å²) in [5, 5.41) is 11.8. The Morgan fingerprint density at radius 2 is 2.25 bits per heavy atom. The van der Waals surface area contributed by atoms with E-state index in [2.05, 4.69) is 11.9 Å². The summed E-state index contributed by atoms with van der Waals surface area (Å²) in [4.78, 5) is 10.5. The van der Waals surface area contributed by atoms with Gasteiger partial charge in [0.2, 0.25) is 0 Å². The van der Waals surface area contributed by atoms with E-state index < -0.39 is 5.97 Å². The lowest BCUT2D eigenvalue weighted by Gasteiger charge is -2.21. The van der Waals surface area contributed by atoms with E-state index in [-0.39, 0.29) is 0 Å². The average Bonchev–Trinajstić information content (AvgIpc) is 2.25. The van der Waals surface area contributed by atoms with Crippen molar-refractivity contribution in [2.24, 2.45) is 0 Å². The Labute approximate surface area is 94.1 Å². The minimum Gasteiger partial charge on any atom is -0.478 e. The Balaban J connectivity index is 2.37. The molecule has 0 saturated heterocycles. The molecule has 0 aromatic heterocycles. The van der Waals surface area contributed by atoms with Crippen LogP contribution in [-0.4, -0.2) is 11.1 Å². The molecule has 1 aliphatic rings. The van der Waals surface area contributed by atoms with Gasteiger partial charge in [0.05, 0.1) is 0 Å². The Bertz CT molecular complexity index is 475. The number of carboxylic acids is 1. The molecule has 16 heavy (non-hydrogen) atoms. The second-order valence-electron chi connectivity index (χ2n) is 3.77. The van der Waals surface area contributed by atoms with Gasteiger partial charge in [-0.15, -0.1) is 0 Å². The molecule has 1 aromatic rings. The summed E-state index contributed by atoms with van der Waals surface area (Å²) >= 11 is 0.